The molecule has 3 rings (SSSR count). The Bertz CT molecular complexity index is 929. The Labute approximate surface area is 138 Å². The van der Waals surface area contributed by atoms with Gasteiger partial charge in [0.25, 0.3) is 10.0 Å². The summed E-state index contributed by atoms with van der Waals surface area (Å²) in [6, 6.07) is 12.0. The molecule has 0 aliphatic heterocycles. The quantitative estimate of drug-likeness (QED) is 0.740. The molecule has 0 aliphatic rings. The normalized spacial score (nSPS) is 11.4. The maximum absolute atomic E-state index is 12.5. The molecule has 0 atom stereocenters. The molecule has 0 spiro atoms. The summed E-state index contributed by atoms with van der Waals surface area (Å²) in [5.74, 6) is 0.587. The van der Waals surface area contributed by atoms with E-state index in [9.17, 15) is 8.42 Å². The van der Waals surface area contributed by atoms with E-state index in [1.54, 1.807) is 36.4 Å². The van der Waals surface area contributed by atoms with Gasteiger partial charge >= 0.3 is 0 Å². The van der Waals surface area contributed by atoms with Gasteiger partial charge in [0, 0.05) is 11.8 Å². The summed E-state index contributed by atoms with van der Waals surface area (Å²) in [5.41, 5.74) is 2.11. The number of aryl methyl sites for hydroxylation is 1. The van der Waals surface area contributed by atoms with Crippen LogP contribution in [0, 0.1) is 6.92 Å². The average molecular weight is 349 g/mol. The fraction of sp³-hybridized carbons (Fsp3) is 0.133. The van der Waals surface area contributed by atoms with Crippen molar-refractivity contribution in [3.8, 4) is 16.3 Å². The van der Waals surface area contributed by atoms with Crippen molar-refractivity contribution in [1.82, 2.24) is 10.2 Å². The van der Waals surface area contributed by atoms with Gasteiger partial charge in [0.2, 0.25) is 0 Å². The molecule has 0 bridgehead atoms. The van der Waals surface area contributed by atoms with Crippen molar-refractivity contribution in [3.05, 3.63) is 48.2 Å². The maximum Gasteiger partial charge on any atom is 0.271 e. The monoisotopic (exact) mass is 349 g/mol. The Hall–Kier alpha value is -2.32. The highest BCUT2D eigenvalue weighted by Crippen LogP contribution is 2.31. The minimum Gasteiger partial charge on any atom is -0.497 e. The summed E-state index contributed by atoms with van der Waals surface area (Å²) in [7, 11) is -2.11. The first-order chi connectivity index (χ1) is 11.0. The number of methoxy groups -OCH3 is 1. The molecule has 120 valence electrons. The van der Waals surface area contributed by atoms with Gasteiger partial charge in [-0.05, 0) is 37.3 Å². The lowest BCUT2D eigenvalue weighted by atomic mass is 10.3. The van der Waals surface area contributed by atoms with Gasteiger partial charge in [0.1, 0.15) is 15.7 Å². The molecule has 0 aliphatic carbocycles. The van der Waals surface area contributed by atoms with E-state index in [2.05, 4.69) is 14.9 Å². The number of H-pyrrole nitrogens is 1. The molecule has 6 nitrogen and oxygen atoms in total. The van der Waals surface area contributed by atoms with Crippen LogP contribution >= 0.6 is 11.3 Å². The fourth-order valence-electron chi connectivity index (χ4n) is 2.04. The Morgan fingerprint density at radius 2 is 2.04 bits per heavy atom. The Morgan fingerprint density at radius 3 is 2.74 bits per heavy atom. The van der Waals surface area contributed by atoms with Gasteiger partial charge in [-0.25, -0.2) is 8.42 Å². The number of rotatable bonds is 5. The topological polar surface area (TPSA) is 84.1 Å². The van der Waals surface area contributed by atoms with Gasteiger partial charge in [-0.15, -0.1) is 11.3 Å². The van der Waals surface area contributed by atoms with E-state index in [1.165, 1.54) is 18.4 Å². The van der Waals surface area contributed by atoms with Gasteiger partial charge < -0.3 is 4.74 Å². The second-order valence-corrected chi connectivity index (χ2v) is 7.89. The van der Waals surface area contributed by atoms with Crippen molar-refractivity contribution < 1.29 is 13.2 Å². The molecule has 2 heterocycles. The lowest BCUT2D eigenvalue weighted by molar-refractivity contribution is 0.415. The summed E-state index contributed by atoms with van der Waals surface area (Å²) >= 11 is 1.17. The maximum atomic E-state index is 12.5. The standard InChI is InChI=1S/C15H15N3O3S2/c1-10-8-13(17-16-10)14-6-7-15(22-14)23(19,20)18-11-4-3-5-12(9-11)21-2/h3-9,18H,1-2H3,(H,16,17). The SMILES string of the molecule is COc1cccc(NS(=O)(=O)c2ccc(-c3cc(C)[nH]n3)s2)c1. The lowest BCUT2D eigenvalue weighted by Gasteiger charge is -2.07. The molecule has 0 fully saturated rings. The molecular weight excluding hydrogens is 334 g/mol. The predicted molar refractivity (Wildman–Crippen MR) is 90.4 cm³/mol. The Morgan fingerprint density at radius 1 is 1.22 bits per heavy atom. The van der Waals surface area contributed by atoms with Gasteiger partial charge in [0.15, 0.2) is 0 Å². The van der Waals surface area contributed by atoms with Gasteiger partial charge in [-0.1, -0.05) is 6.07 Å². The molecule has 1 aromatic carbocycles. The van der Waals surface area contributed by atoms with E-state index in [1.807, 2.05) is 13.0 Å². The van der Waals surface area contributed by atoms with Crippen molar-refractivity contribution in [3.63, 3.8) is 0 Å². The van der Waals surface area contributed by atoms with Crippen molar-refractivity contribution in [2.45, 2.75) is 11.1 Å². The third-order valence-electron chi connectivity index (χ3n) is 3.13. The lowest BCUT2D eigenvalue weighted by Crippen LogP contribution is -2.11. The van der Waals surface area contributed by atoms with Crippen LogP contribution in [0.3, 0.4) is 0 Å². The van der Waals surface area contributed by atoms with E-state index in [0.29, 0.717) is 11.4 Å². The highest BCUT2D eigenvalue weighted by Gasteiger charge is 2.18. The molecular formula is C15H15N3O3S2. The number of aromatic nitrogens is 2. The minimum atomic E-state index is -3.64. The molecule has 8 heteroatoms. The van der Waals surface area contributed by atoms with E-state index in [0.717, 1.165) is 16.3 Å². The molecule has 2 aromatic heterocycles. The molecule has 2 N–H and O–H groups in total. The molecule has 0 unspecified atom stereocenters. The van der Waals surface area contributed by atoms with Crippen LogP contribution in [0.5, 0.6) is 5.75 Å². The number of aromatic amines is 1. The third-order valence-corrected chi connectivity index (χ3v) is 6.11. The minimum absolute atomic E-state index is 0.232. The number of thiophene rings is 1. The van der Waals surface area contributed by atoms with Crippen LogP contribution in [0.2, 0.25) is 0 Å². The van der Waals surface area contributed by atoms with Gasteiger partial charge in [-0.3, -0.25) is 9.82 Å². The summed E-state index contributed by atoms with van der Waals surface area (Å²) in [5, 5.41) is 6.99. The third kappa shape index (κ3) is 3.38. The highest BCUT2D eigenvalue weighted by atomic mass is 32.2. The van der Waals surface area contributed by atoms with Crippen LogP contribution in [0.4, 0.5) is 5.69 Å². The Kier molecular flexibility index (Phi) is 4.10. The summed E-state index contributed by atoms with van der Waals surface area (Å²) in [6.07, 6.45) is 0. The van der Waals surface area contributed by atoms with Gasteiger partial charge in [-0.2, -0.15) is 5.10 Å². The molecule has 0 radical (unpaired) electrons. The molecule has 0 saturated carbocycles. The number of anilines is 1. The van der Waals surface area contributed by atoms with Crippen molar-refractivity contribution in [2.24, 2.45) is 0 Å². The number of hydrogen-bond donors (Lipinski definition) is 2. The number of benzene rings is 1. The first-order valence-electron chi connectivity index (χ1n) is 6.77. The number of nitrogens with zero attached hydrogens (tertiary/aromatic N) is 1. The van der Waals surface area contributed by atoms with Crippen LogP contribution in [0.25, 0.3) is 10.6 Å². The number of hydrogen-bond acceptors (Lipinski definition) is 5. The van der Waals surface area contributed by atoms with Crippen molar-refractivity contribution in [2.75, 3.05) is 11.8 Å². The molecule has 0 amide bonds. The van der Waals surface area contributed by atoms with Crippen molar-refractivity contribution in [1.29, 1.82) is 0 Å². The van der Waals surface area contributed by atoms with Crippen LogP contribution < -0.4 is 9.46 Å². The zero-order valence-electron chi connectivity index (χ0n) is 12.5. The van der Waals surface area contributed by atoms with Crippen molar-refractivity contribution >= 4 is 27.0 Å². The van der Waals surface area contributed by atoms with Crippen LogP contribution in [0.15, 0.2) is 46.7 Å². The van der Waals surface area contributed by atoms with E-state index in [-0.39, 0.29) is 4.21 Å². The predicted octanol–water partition coefficient (Wildman–Crippen LogP) is 3.26. The highest BCUT2D eigenvalue weighted by molar-refractivity contribution is 7.94. The first kappa shape index (κ1) is 15.6. The van der Waals surface area contributed by atoms with Crippen LogP contribution in [0.1, 0.15) is 5.69 Å². The second-order valence-electron chi connectivity index (χ2n) is 4.89. The number of sulfonamides is 1. The summed E-state index contributed by atoms with van der Waals surface area (Å²) in [6.45, 7) is 1.89. The largest absolute Gasteiger partial charge is 0.497 e. The Balaban J connectivity index is 1.86. The first-order valence-corrected chi connectivity index (χ1v) is 9.07. The molecule has 3 aromatic rings. The smallest absolute Gasteiger partial charge is 0.271 e. The second kappa shape index (κ2) is 6.05. The number of nitrogens with one attached hydrogen (secondary N) is 2. The van der Waals surface area contributed by atoms with Crippen LogP contribution in [-0.2, 0) is 10.0 Å². The zero-order chi connectivity index (χ0) is 16.4. The van der Waals surface area contributed by atoms with E-state index in [4.69, 9.17) is 4.74 Å². The molecule has 23 heavy (non-hydrogen) atoms. The van der Waals surface area contributed by atoms with Gasteiger partial charge in [0.05, 0.1) is 17.7 Å². The van der Waals surface area contributed by atoms with E-state index >= 15 is 0 Å². The average Bonchev–Trinajstić information content (AvgIpc) is 3.16. The number of ether oxygens (including phenoxy) is 1. The van der Waals surface area contributed by atoms with E-state index < -0.39 is 10.0 Å². The summed E-state index contributed by atoms with van der Waals surface area (Å²) < 4.78 is 32.8. The van der Waals surface area contributed by atoms with Crippen LogP contribution in [-0.4, -0.2) is 25.7 Å². The summed E-state index contributed by atoms with van der Waals surface area (Å²) in [4.78, 5) is 0.792. The zero-order valence-corrected chi connectivity index (χ0v) is 14.2. The fourth-order valence-corrected chi connectivity index (χ4v) is 4.35. The molecule has 0 saturated heterocycles.